The summed E-state index contributed by atoms with van der Waals surface area (Å²) in [6.07, 6.45) is 0. The van der Waals surface area contributed by atoms with E-state index < -0.39 is 0 Å². The summed E-state index contributed by atoms with van der Waals surface area (Å²) in [4.78, 5) is 20.9. The van der Waals surface area contributed by atoms with Crippen LogP contribution in [0.15, 0.2) is 42.5 Å². The van der Waals surface area contributed by atoms with Gasteiger partial charge in [-0.15, -0.1) is 12.4 Å². The van der Waals surface area contributed by atoms with Gasteiger partial charge in [-0.3, -0.25) is 9.69 Å². The number of fused-ring (bicyclic) bond motifs is 1. The highest BCUT2D eigenvalue weighted by molar-refractivity contribution is 7.22. The minimum absolute atomic E-state index is 0. The molecule has 0 aliphatic heterocycles. The second-order valence-corrected chi connectivity index (χ2v) is 7.43. The van der Waals surface area contributed by atoms with Crippen LogP contribution in [-0.2, 0) is 4.79 Å². The number of carbonyl (C=O) groups is 1. The summed E-state index contributed by atoms with van der Waals surface area (Å²) in [6.45, 7) is 1.00. The van der Waals surface area contributed by atoms with E-state index in [0.29, 0.717) is 39.9 Å². The number of methoxy groups -OCH3 is 1. The highest BCUT2D eigenvalue weighted by atomic mass is 35.5. The fraction of sp³-hybridized carbons (Fsp3) is 0.300. The molecule has 0 saturated heterocycles. The van der Waals surface area contributed by atoms with Crippen molar-refractivity contribution in [2.24, 2.45) is 0 Å². The van der Waals surface area contributed by atoms with Crippen molar-refractivity contribution in [2.75, 3.05) is 45.8 Å². The Bertz CT molecular complexity index is 950. The summed E-state index contributed by atoms with van der Waals surface area (Å²) < 4.78 is 24.9. The molecule has 0 atom stereocenters. The molecular formula is C20H23ClFN3O3S. The number of ether oxygens (including phenoxy) is 2. The molecular weight excluding hydrogens is 417 g/mol. The van der Waals surface area contributed by atoms with Gasteiger partial charge in [-0.25, -0.2) is 9.37 Å². The molecule has 1 aromatic heterocycles. The van der Waals surface area contributed by atoms with Crippen molar-refractivity contribution in [2.45, 2.75) is 0 Å². The Balaban J connectivity index is 0.00000300. The summed E-state index contributed by atoms with van der Waals surface area (Å²) in [6, 6.07) is 11.4. The highest BCUT2D eigenvalue weighted by Crippen LogP contribution is 2.29. The van der Waals surface area contributed by atoms with E-state index in [9.17, 15) is 9.18 Å². The van der Waals surface area contributed by atoms with E-state index in [1.807, 2.05) is 19.0 Å². The Labute approximate surface area is 179 Å². The summed E-state index contributed by atoms with van der Waals surface area (Å²) in [5.41, 5.74) is 0.667. The van der Waals surface area contributed by atoms with E-state index in [0.717, 1.165) is 0 Å². The molecule has 1 amide bonds. The first-order valence-corrected chi connectivity index (χ1v) is 9.56. The van der Waals surface area contributed by atoms with E-state index in [2.05, 4.69) is 4.98 Å². The number of hydrogen-bond donors (Lipinski definition) is 0. The van der Waals surface area contributed by atoms with Gasteiger partial charge in [0.25, 0.3) is 5.91 Å². The second kappa shape index (κ2) is 10.4. The van der Waals surface area contributed by atoms with Crippen LogP contribution in [0.2, 0.25) is 0 Å². The minimum atomic E-state index is -0.322. The van der Waals surface area contributed by atoms with E-state index >= 15 is 0 Å². The standard InChI is InChI=1S/C20H22FN3O3S.ClH/c1-23(2)10-11-24(20-22-17-9-4-14(21)12-18(17)28-20)19(25)13-27-16-7-5-15(26-3)6-8-16;/h4-9,12H,10-11,13H2,1-3H3;1H. The molecule has 0 radical (unpaired) electrons. The predicted molar refractivity (Wildman–Crippen MR) is 116 cm³/mol. The first-order chi connectivity index (χ1) is 13.5. The number of benzene rings is 2. The van der Waals surface area contributed by atoms with Gasteiger partial charge in [0, 0.05) is 13.1 Å². The van der Waals surface area contributed by atoms with Gasteiger partial charge in [0.1, 0.15) is 17.3 Å². The molecule has 0 saturated carbocycles. The van der Waals surface area contributed by atoms with Gasteiger partial charge in [-0.1, -0.05) is 11.3 Å². The second-order valence-electron chi connectivity index (χ2n) is 6.42. The third-order valence-electron chi connectivity index (χ3n) is 4.06. The van der Waals surface area contributed by atoms with Crippen molar-refractivity contribution < 1.29 is 18.7 Å². The van der Waals surface area contributed by atoms with Gasteiger partial charge in [-0.2, -0.15) is 0 Å². The van der Waals surface area contributed by atoms with Crippen molar-refractivity contribution in [3.8, 4) is 11.5 Å². The first-order valence-electron chi connectivity index (χ1n) is 8.74. The molecule has 6 nitrogen and oxygen atoms in total. The van der Waals surface area contributed by atoms with Gasteiger partial charge in [0.2, 0.25) is 0 Å². The van der Waals surface area contributed by atoms with Crippen LogP contribution in [0.25, 0.3) is 10.2 Å². The molecule has 156 valence electrons. The summed E-state index contributed by atoms with van der Waals surface area (Å²) in [7, 11) is 5.46. The molecule has 1 heterocycles. The summed E-state index contributed by atoms with van der Waals surface area (Å²) in [5.74, 6) is 0.759. The Morgan fingerprint density at radius 3 is 2.45 bits per heavy atom. The van der Waals surface area contributed by atoms with Crippen LogP contribution >= 0.6 is 23.7 Å². The lowest BCUT2D eigenvalue weighted by atomic mass is 10.3. The average Bonchev–Trinajstić information content (AvgIpc) is 3.09. The number of rotatable bonds is 8. The predicted octanol–water partition coefficient (Wildman–Crippen LogP) is 3.84. The summed E-state index contributed by atoms with van der Waals surface area (Å²) >= 11 is 1.29. The van der Waals surface area contributed by atoms with Gasteiger partial charge >= 0.3 is 0 Å². The van der Waals surface area contributed by atoms with E-state index in [-0.39, 0.29) is 30.7 Å². The molecule has 0 aliphatic carbocycles. The third kappa shape index (κ3) is 6.03. The van der Waals surface area contributed by atoms with Crippen LogP contribution in [-0.4, -0.2) is 56.7 Å². The maximum absolute atomic E-state index is 13.5. The van der Waals surface area contributed by atoms with Crippen molar-refractivity contribution in [1.29, 1.82) is 0 Å². The molecule has 0 fully saturated rings. The quantitative estimate of drug-likeness (QED) is 0.533. The molecule has 3 rings (SSSR count). The number of likely N-dealkylation sites (N-methyl/N-ethyl adjacent to an activating group) is 1. The molecule has 0 unspecified atom stereocenters. The minimum Gasteiger partial charge on any atom is -0.497 e. The zero-order valence-electron chi connectivity index (χ0n) is 16.4. The number of thiazole rings is 1. The Hall–Kier alpha value is -2.42. The van der Waals surface area contributed by atoms with Gasteiger partial charge in [0.15, 0.2) is 11.7 Å². The number of nitrogens with zero attached hydrogens (tertiary/aromatic N) is 3. The first kappa shape index (κ1) is 22.9. The number of halogens is 2. The number of aromatic nitrogens is 1. The zero-order chi connectivity index (χ0) is 20.1. The molecule has 0 N–H and O–H groups in total. The molecule has 29 heavy (non-hydrogen) atoms. The van der Waals surface area contributed by atoms with Crippen molar-refractivity contribution in [3.05, 3.63) is 48.3 Å². The molecule has 3 aromatic rings. The van der Waals surface area contributed by atoms with Gasteiger partial charge in [0.05, 0.1) is 17.3 Å². The summed E-state index contributed by atoms with van der Waals surface area (Å²) in [5, 5.41) is 0.533. The van der Waals surface area contributed by atoms with Crippen LogP contribution in [0, 0.1) is 5.82 Å². The van der Waals surface area contributed by atoms with Crippen molar-refractivity contribution in [3.63, 3.8) is 0 Å². The Morgan fingerprint density at radius 1 is 1.10 bits per heavy atom. The highest BCUT2D eigenvalue weighted by Gasteiger charge is 2.20. The normalized spacial score (nSPS) is 10.7. The number of hydrogen-bond acceptors (Lipinski definition) is 6. The zero-order valence-corrected chi connectivity index (χ0v) is 18.1. The smallest absolute Gasteiger partial charge is 0.266 e. The largest absolute Gasteiger partial charge is 0.497 e. The number of amides is 1. The van der Waals surface area contributed by atoms with Crippen LogP contribution in [0.5, 0.6) is 11.5 Å². The van der Waals surface area contributed by atoms with Gasteiger partial charge in [-0.05, 0) is 56.6 Å². The fourth-order valence-corrected chi connectivity index (χ4v) is 3.56. The van der Waals surface area contributed by atoms with E-state index in [1.165, 1.54) is 23.5 Å². The maximum Gasteiger partial charge on any atom is 0.266 e. The maximum atomic E-state index is 13.5. The molecule has 0 aliphatic rings. The van der Waals surface area contributed by atoms with Crippen LogP contribution < -0.4 is 14.4 Å². The molecule has 0 bridgehead atoms. The fourth-order valence-electron chi connectivity index (χ4n) is 2.52. The lowest BCUT2D eigenvalue weighted by Crippen LogP contribution is -2.39. The molecule has 9 heteroatoms. The number of carbonyl (C=O) groups excluding carboxylic acids is 1. The van der Waals surface area contributed by atoms with E-state index in [1.54, 1.807) is 42.3 Å². The number of anilines is 1. The monoisotopic (exact) mass is 439 g/mol. The van der Waals surface area contributed by atoms with Crippen LogP contribution in [0.3, 0.4) is 0 Å². The third-order valence-corrected chi connectivity index (χ3v) is 5.10. The Morgan fingerprint density at radius 2 is 1.79 bits per heavy atom. The van der Waals surface area contributed by atoms with E-state index in [4.69, 9.17) is 9.47 Å². The Kier molecular flexibility index (Phi) is 8.19. The van der Waals surface area contributed by atoms with Gasteiger partial charge < -0.3 is 14.4 Å². The van der Waals surface area contributed by atoms with Crippen LogP contribution in [0.4, 0.5) is 9.52 Å². The SMILES string of the molecule is COc1ccc(OCC(=O)N(CCN(C)C)c2nc3ccc(F)cc3s2)cc1.Cl. The average molecular weight is 440 g/mol. The van der Waals surface area contributed by atoms with Crippen molar-refractivity contribution >= 4 is 45.0 Å². The van der Waals surface area contributed by atoms with Crippen LogP contribution in [0.1, 0.15) is 0 Å². The molecule has 2 aromatic carbocycles. The topological polar surface area (TPSA) is 54.9 Å². The van der Waals surface area contributed by atoms with Crippen molar-refractivity contribution in [1.82, 2.24) is 9.88 Å². The lowest BCUT2D eigenvalue weighted by molar-refractivity contribution is -0.120. The lowest BCUT2D eigenvalue weighted by Gasteiger charge is -2.22. The molecule has 0 spiro atoms.